The number of hydrogen-bond donors (Lipinski definition) is 1. The van der Waals surface area contributed by atoms with Gasteiger partial charge in [-0.15, -0.1) is 0 Å². The van der Waals surface area contributed by atoms with Gasteiger partial charge in [-0.3, -0.25) is 4.68 Å². The van der Waals surface area contributed by atoms with Crippen LogP contribution in [-0.2, 0) is 7.05 Å². The van der Waals surface area contributed by atoms with Gasteiger partial charge in [-0.05, 0) is 24.5 Å². The van der Waals surface area contributed by atoms with E-state index in [2.05, 4.69) is 44.3 Å². The number of nitrogens with zero attached hydrogens (tertiary/aromatic N) is 7. The number of aromatic nitrogens is 7. The maximum Gasteiger partial charge on any atom is 0.227 e. The summed E-state index contributed by atoms with van der Waals surface area (Å²) in [5.41, 5.74) is 5.53. The summed E-state index contributed by atoms with van der Waals surface area (Å²) in [6, 6.07) is 1.97. The molecular weight excluding hydrogens is 304 g/mol. The Hall–Kier alpha value is -3.03. The van der Waals surface area contributed by atoms with Crippen molar-refractivity contribution in [2.24, 2.45) is 7.05 Å². The van der Waals surface area contributed by atoms with E-state index in [-0.39, 0.29) is 0 Å². The summed E-state index contributed by atoms with van der Waals surface area (Å²) in [5.74, 6) is 0.838. The van der Waals surface area contributed by atoms with Crippen LogP contribution in [0.2, 0.25) is 0 Å². The third-order valence-corrected chi connectivity index (χ3v) is 4.03. The van der Waals surface area contributed by atoms with Crippen LogP contribution in [0.25, 0.3) is 16.7 Å². The van der Waals surface area contributed by atoms with Crippen LogP contribution in [0.1, 0.15) is 31.0 Å². The van der Waals surface area contributed by atoms with Crippen molar-refractivity contribution in [1.82, 2.24) is 34.3 Å². The fourth-order valence-electron chi connectivity index (χ4n) is 2.72. The first-order chi connectivity index (χ1) is 11.5. The highest BCUT2D eigenvalue weighted by molar-refractivity contribution is 5.79. The van der Waals surface area contributed by atoms with Crippen LogP contribution in [0.5, 0.6) is 0 Å². The topological polar surface area (TPSA) is 85.8 Å². The second-order valence-electron chi connectivity index (χ2n) is 6.15. The molecule has 0 bridgehead atoms. The van der Waals surface area contributed by atoms with Gasteiger partial charge in [-0.25, -0.2) is 19.5 Å². The zero-order chi connectivity index (χ0) is 16.8. The highest BCUT2D eigenvalue weighted by Crippen LogP contribution is 2.25. The zero-order valence-corrected chi connectivity index (χ0v) is 14.0. The summed E-state index contributed by atoms with van der Waals surface area (Å²) in [5, 5.41) is 12.0. The Bertz CT molecular complexity index is 1040. The van der Waals surface area contributed by atoms with Gasteiger partial charge in [0, 0.05) is 7.05 Å². The number of fused-ring (bicyclic) bond motifs is 2. The molecule has 122 valence electrons. The second kappa shape index (κ2) is 5.26. The number of anilines is 2. The standard InChI is InChI=1S/C16H18N8/c1-9(2)14-15-12(23(4)22-14)6-17-16(21-15)20-11-7-24-13(5-10(11)3)18-8-19-24/h5-9H,1-4H3,(H,17,20,21). The SMILES string of the molecule is Cc1cc2ncnn2cc1Nc1ncc2c(n1)c(C(C)C)nn2C. The van der Waals surface area contributed by atoms with Crippen LogP contribution < -0.4 is 5.32 Å². The molecule has 0 spiro atoms. The molecule has 0 saturated heterocycles. The Balaban J connectivity index is 1.78. The molecule has 0 aliphatic carbocycles. The number of rotatable bonds is 3. The Morgan fingerprint density at radius 2 is 2.04 bits per heavy atom. The molecule has 4 heterocycles. The molecule has 0 saturated carbocycles. The van der Waals surface area contributed by atoms with Crippen LogP contribution in [0.3, 0.4) is 0 Å². The molecule has 0 radical (unpaired) electrons. The van der Waals surface area contributed by atoms with Crippen LogP contribution in [0, 0.1) is 6.92 Å². The summed E-state index contributed by atoms with van der Waals surface area (Å²) in [7, 11) is 1.91. The normalized spacial score (nSPS) is 11.7. The van der Waals surface area contributed by atoms with Gasteiger partial charge < -0.3 is 5.32 Å². The van der Waals surface area contributed by atoms with Crippen molar-refractivity contribution in [3.8, 4) is 0 Å². The van der Waals surface area contributed by atoms with Crippen molar-refractivity contribution >= 4 is 28.3 Å². The highest BCUT2D eigenvalue weighted by atomic mass is 15.3. The lowest BCUT2D eigenvalue weighted by molar-refractivity contribution is 0.728. The first kappa shape index (κ1) is 14.6. The summed E-state index contributed by atoms with van der Waals surface area (Å²) in [6.45, 7) is 6.23. The molecule has 0 fully saturated rings. The fourth-order valence-corrected chi connectivity index (χ4v) is 2.72. The molecule has 24 heavy (non-hydrogen) atoms. The maximum atomic E-state index is 4.67. The van der Waals surface area contributed by atoms with Crippen LogP contribution >= 0.6 is 0 Å². The smallest absolute Gasteiger partial charge is 0.227 e. The third-order valence-electron chi connectivity index (χ3n) is 4.03. The van der Waals surface area contributed by atoms with E-state index in [9.17, 15) is 0 Å². The van der Waals surface area contributed by atoms with E-state index in [1.54, 1.807) is 10.7 Å². The van der Waals surface area contributed by atoms with E-state index >= 15 is 0 Å². The van der Waals surface area contributed by atoms with Gasteiger partial charge in [0.05, 0.1) is 23.8 Å². The molecule has 4 rings (SSSR count). The molecule has 4 aromatic heterocycles. The summed E-state index contributed by atoms with van der Waals surface area (Å²) < 4.78 is 3.54. The van der Waals surface area contributed by atoms with Crippen molar-refractivity contribution < 1.29 is 0 Å². The van der Waals surface area contributed by atoms with E-state index in [0.29, 0.717) is 11.9 Å². The minimum atomic E-state index is 0.296. The van der Waals surface area contributed by atoms with Crippen molar-refractivity contribution in [2.45, 2.75) is 26.7 Å². The van der Waals surface area contributed by atoms with Gasteiger partial charge in [0.25, 0.3) is 0 Å². The van der Waals surface area contributed by atoms with Gasteiger partial charge in [0.15, 0.2) is 5.65 Å². The molecule has 0 aromatic carbocycles. The van der Waals surface area contributed by atoms with Crippen molar-refractivity contribution in [1.29, 1.82) is 0 Å². The Labute approximate surface area is 138 Å². The predicted octanol–water partition coefficient (Wildman–Crippen LogP) is 2.58. The van der Waals surface area contributed by atoms with Crippen molar-refractivity contribution in [2.75, 3.05) is 5.32 Å². The molecule has 0 amide bonds. The van der Waals surface area contributed by atoms with E-state index < -0.39 is 0 Å². The largest absolute Gasteiger partial charge is 0.323 e. The Kier molecular flexibility index (Phi) is 3.19. The van der Waals surface area contributed by atoms with Crippen LogP contribution in [0.4, 0.5) is 11.6 Å². The van der Waals surface area contributed by atoms with Crippen molar-refractivity contribution in [3.05, 3.63) is 36.0 Å². The predicted molar refractivity (Wildman–Crippen MR) is 91.4 cm³/mol. The monoisotopic (exact) mass is 322 g/mol. The lowest BCUT2D eigenvalue weighted by Gasteiger charge is -2.08. The van der Waals surface area contributed by atoms with Gasteiger partial charge in [0.1, 0.15) is 17.4 Å². The Morgan fingerprint density at radius 1 is 1.21 bits per heavy atom. The van der Waals surface area contributed by atoms with Crippen molar-refractivity contribution in [3.63, 3.8) is 0 Å². The third kappa shape index (κ3) is 2.27. The number of aryl methyl sites for hydroxylation is 2. The zero-order valence-electron chi connectivity index (χ0n) is 14.0. The molecule has 8 heteroatoms. The van der Waals surface area contributed by atoms with E-state index in [0.717, 1.165) is 33.6 Å². The first-order valence-corrected chi connectivity index (χ1v) is 7.79. The van der Waals surface area contributed by atoms with Gasteiger partial charge >= 0.3 is 0 Å². The number of hydrogen-bond acceptors (Lipinski definition) is 6. The quantitative estimate of drug-likeness (QED) is 0.624. The lowest BCUT2D eigenvalue weighted by atomic mass is 10.1. The number of nitrogens with one attached hydrogen (secondary N) is 1. The van der Waals surface area contributed by atoms with E-state index in [4.69, 9.17) is 0 Å². The van der Waals surface area contributed by atoms with Crippen LogP contribution in [0.15, 0.2) is 24.8 Å². The molecule has 0 aliphatic heterocycles. The molecule has 8 nitrogen and oxygen atoms in total. The van der Waals surface area contributed by atoms with Gasteiger partial charge in [-0.2, -0.15) is 10.2 Å². The van der Waals surface area contributed by atoms with Gasteiger partial charge in [-0.1, -0.05) is 13.8 Å². The highest BCUT2D eigenvalue weighted by Gasteiger charge is 2.15. The average molecular weight is 322 g/mol. The average Bonchev–Trinajstić information content (AvgIpc) is 3.12. The van der Waals surface area contributed by atoms with Crippen LogP contribution in [-0.4, -0.2) is 34.3 Å². The molecule has 0 unspecified atom stereocenters. The fraction of sp³-hybridized carbons (Fsp3) is 0.312. The lowest BCUT2D eigenvalue weighted by Crippen LogP contribution is -2.01. The number of pyridine rings is 1. The first-order valence-electron chi connectivity index (χ1n) is 7.79. The molecule has 0 atom stereocenters. The Morgan fingerprint density at radius 3 is 2.83 bits per heavy atom. The summed E-state index contributed by atoms with van der Waals surface area (Å²) in [4.78, 5) is 13.3. The summed E-state index contributed by atoms with van der Waals surface area (Å²) in [6.07, 6.45) is 5.22. The van der Waals surface area contributed by atoms with E-state index in [1.807, 2.05) is 30.9 Å². The molecule has 0 aliphatic rings. The summed E-state index contributed by atoms with van der Waals surface area (Å²) >= 11 is 0. The maximum absolute atomic E-state index is 4.67. The molecule has 1 N–H and O–H groups in total. The minimum absolute atomic E-state index is 0.296. The van der Waals surface area contributed by atoms with Gasteiger partial charge in [0.2, 0.25) is 5.95 Å². The molecular formula is C16H18N8. The molecule has 4 aromatic rings. The second-order valence-corrected chi connectivity index (χ2v) is 6.15. The van der Waals surface area contributed by atoms with E-state index in [1.165, 1.54) is 6.33 Å². The minimum Gasteiger partial charge on any atom is -0.323 e.